The molecule has 1 heterocycles. The van der Waals surface area contributed by atoms with Gasteiger partial charge < -0.3 is 4.90 Å². The van der Waals surface area contributed by atoms with Crippen molar-refractivity contribution in [2.45, 2.75) is 6.04 Å². The average molecular weight is 169 g/mol. The predicted octanol–water partition coefficient (Wildman–Crippen LogP) is -0.432. The monoisotopic (exact) mass is 169 g/mol. The van der Waals surface area contributed by atoms with Crippen LogP contribution in [0.4, 0.5) is 0 Å². The summed E-state index contributed by atoms with van der Waals surface area (Å²) in [6, 6.07) is 0.380. The van der Waals surface area contributed by atoms with Gasteiger partial charge in [-0.05, 0) is 14.1 Å². The molecule has 4 nitrogen and oxygen atoms in total. The van der Waals surface area contributed by atoms with E-state index in [0.717, 1.165) is 19.6 Å². The third-order valence-electron chi connectivity index (χ3n) is 2.35. The maximum atomic E-state index is 9.91. The van der Waals surface area contributed by atoms with Crippen LogP contribution < -0.4 is 0 Å². The quantitative estimate of drug-likeness (QED) is 0.415. The van der Waals surface area contributed by atoms with E-state index in [1.807, 2.05) is 0 Å². The van der Waals surface area contributed by atoms with Crippen molar-refractivity contribution in [3.63, 3.8) is 0 Å². The van der Waals surface area contributed by atoms with E-state index in [-0.39, 0.29) is 0 Å². The Kier molecular flexibility index (Phi) is 3.41. The second-order valence-electron chi connectivity index (χ2n) is 3.33. The van der Waals surface area contributed by atoms with Gasteiger partial charge in [0.2, 0.25) is 6.08 Å². The molecule has 0 aromatic carbocycles. The molecule has 0 aromatic heterocycles. The van der Waals surface area contributed by atoms with Gasteiger partial charge in [0.25, 0.3) is 0 Å². The molecule has 0 radical (unpaired) electrons. The summed E-state index contributed by atoms with van der Waals surface area (Å²) < 4.78 is 0. The molecule has 1 fully saturated rings. The van der Waals surface area contributed by atoms with Gasteiger partial charge in [-0.15, -0.1) is 0 Å². The third kappa shape index (κ3) is 2.41. The number of piperazine rings is 1. The van der Waals surface area contributed by atoms with Crippen LogP contribution >= 0.6 is 0 Å². The molecule has 4 heteroatoms. The first-order valence-electron chi connectivity index (χ1n) is 4.16. The summed E-state index contributed by atoms with van der Waals surface area (Å²) in [5, 5.41) is 0. The zero-order valence-electron chi connectivity index (χ0n) is 7.66. The largest absolute Gasteiger partial charge is 0.303 e. The molecule has 0 aliphatic carbocycles. The molecule has 0 aromatic rings. The van der Waals surface area contributed by atoms with Crippen LogP contribution in [0.3, 0.4) is 0 Å². The fraction of sp³-hybridized carbons (Fsp3) is 0.875. The first kappa shape index (κ1) is 9.39. The maximum Gasteiger partial charge on any atom is 0.234 e. The molecule has 1 atom stereocenters. The summed E-state index contributed by atoms with van der Waals surface area (Å²) in [4.78, 5) is 18.0. The zero-order chi connectivity index (χ0) is 8.97. The van der Waals surface area contributed by atoms with Crippen molar-refractivity contribution in [2.75, 3.05) is 40.3 Å². The lowest BCUT2D eigenvalue weighted by Gasteiger charge is -2.36. The Morgan fingerprint density at radius 1 is 1.50 bits per heavy atom. The van der Waals surface area contributed by atoms with Gasteiger partial charge in [-0.1, -0.05) is 0 Å². The zero-order valence-corrected chi connectivity index (χ0v) is 7.66. The van der Waals surface area contributed by atoms with E-state index in [9.17, 15) is 4.79 Å². The molecular formula is C8H15N3O. The summed E-state index contributed by atoms with van der Waals surface area (Å²) >= 11 is 0. The van der Waals surface area contributed by atoms with Crippen LogP contribution in [-0.4, -0.2) is 62.2 Å². The molecule has 1 rings (SSSR count). The van der Waals surface area contributed by atoms with Crippen molar-refractivity contribution in [3.8, 4) is 0 Å². The van der Waals surface area contributed by atoms with Crippen LogP contribution in [0.25, 0.3) is 0 Å². The Morgan fingerprint density at radius 2 is 2.25 bits per heavy atom. The van der Waals surface area contributed by atoms with E-state index in [1.165, 1.54) is 0 Å². The molecular weight excluding hydrogens is 154 g/mol. The van der Waals surface area contributed by atoms with Crippen LogP contribution in [-0.2, 0) is 4.79 Å². The first-order valence-corrected chi connectivity index (χ1v) is 4.16. The van der Waals surface area contributed by atoms with E-state index >= 15 is 0 Å². The molecule has 0 N–H and O–H groups in total. The lowest BCUT2D eigenvalue weighted by molar-refractivity contribution is 0.119. The Morgan fingerprint density at radius 3 is 2.92 bits per heavy atom. The van der Waals surface area contributed by atoms with Crippen molar-refractivity contribution in [1.29, 1.82) is 0 Å². The Balaban J connectivity index is 2.43. The van der Waals surface area contributed by atoms with Gasteiger partial charge in [-0.25, -0.2) is 9.79 Å². The first-order chi connectivity index (χ1) is 5.74. The SMILES string of the molecule is CN1CCN(C)C(CN=C=O)C1. The Hall–Kier alpha value is -0.700. The minimum Gasteiger partial charge on any atom is -0.303 e. The van der Waals surface area contributed by atoms with E-state index in [2.05, 4.69) is 28.9 Å². The lowest BCUT2D eigenvalue weighted by atomic mass is 10.2. The number of hydrogen-bond donors (Lipinski definition) is 0. The van der Waals surface area contributed by atoms with Gasteiger partial charge in [0.05, 0.1) is 6.54 Å². The minimum atomic E-state index is 0.380. The molecule has 0 amide bonds. The Bertz CT molecular complexity index is 189. The maximum absolute atomic E-state index is 9.91. The van der Waals surface area contributed by atoms with Gasteiger partial charge in [0.1, 0.15) is 0 Å². The fourth-order valence-corrected chi connectivity index (χ4v) is 1.44. The van der Waals surface area contributed by atoms with Crippen molar-refractivity contribution in [1.82, 2.24) is 9.80 Å². The highest BCUT2D eigenvalue weighted by Crippen LogP contribution is 2.05. The summed E-state index contributed by atoms with van der Waals surface area (Å²) in [5.74, 6) is 0. The minimum absolute atomic E-state index is 0.380. The molecule has 1 aliphatic rings. The lowest BCUT2D eigenvalue weighted by Crippen LogP contribution is -2.51. The summed E-state index contributed by atoms with van der Waals surface area (Å²) in [5.41, 5.74) is 0. The van der Waals surface area contributed by atoms with Crippen molar-refractivity contribution in [3.05, 3.63) is 0 Å². The third-order valence-corrected chi connectivity index (χ3v) is 2.35. The van der Waals surface area contributed by atoms with Crippen molar-refractivity contribution >= 4 is 6.08 Å². The Labute approximate surface area is 72.9 Å². The van der Waals surface area contributed by atoms with E-state index < -0.39 is 0 Å². The molecule has 1 saturated heterocycles. The van der Waals surface area contributed by atoms with Gasteiger partial charge >= 0.3 is 0 Å². The van der Waals surface area contributed by atoms with Gasteiger partial charge in [-0.2, -0.15) is 0 Å². The highest BCUT2D eigenvalue weighted by atomic mass is 16.1. The highest BCUT2D eigenvalue weighted by Gasteiger charge is 2.21. The number of aliphatic imine (C=N–C) groups is 1. The fourth-order valence-electron chi connectivity index (χ4n) is 1.44. The number of carbonyl (C=O) groups excluding carboxylic acids is 1. The van der Waals surface area contributed by atoms with Crippen LogP contribution in [0.2, 0.25) is 0 Å². The van der Waals surface area contributed by atoms with E-state index in [4.69, 9.17) is 0 Å². The normalized spacial score (nSPS) is 26.7. The number of hydrogen-bond acceptors (Lipinski definition) is 4. The summed E-state index contributed by atoms with van der Waals surface area (Å²) in [6.07, 6.45) is 1.58. The van der Waals surface area contributed by atoms with Crippen molar-refractivity contribution < 1.29 is 4.79 Å². The number of likely N-dealkylation sites (N-methyl/N-ethyl adjacent to an activating group) is 2. The summed E-state index contributed by atoms with van der Waals surface area (Å²) in [6.45, 7) is 3.71. The molecule has 0 spiro atoms. The smallest absolute Gasteiger partial charge is 0.234 e. The molecule has 0 bridgehead atoms. The topological polar surface area (TPSA) is 35.9 Å². The molecule has 1 aliphatic heterocycles. The second-order valence-corrected chi connectivity index (χ2v) is 3.33. The van der Waals surface area contributed by atoms with Crippen LogP contribution in [0.15, 0.2) is 4.99 Å². The van der Waals surface area contributed by atoms with Gasteiger partial charge in [0.15, 0.2) is 0 Å². The van der Waals surface area contributed by atoms with Gasteiger partial charge in [0, 0.05) is 25.7 Å². The van der Waals surface area contributed by atoms with Crippen LogP contribution in [0.5, 0.6) is 0 Å². The summed E-state index contributed by atoms with van der Waals surface area (Å²) in [7, 11) is 4.16. The predicted molar refractivity (Wildman–Crippen MR) is 46.9 cm³/mol. The van der Waals surface area contributed by atoms with Crippen LogP contribution in [0.1, 0.15) is 0 Å². The number of rotatable bonds is 2. The molecule has 68 valence electrons. The van der Waals surface area contributed by atoms with Crippen molar-refractivity contribution in [2.24, 2.45) is 4.99 Å². The molecule has 1 unspecified atom stereocenters. The molecule has 12 heavy (non-hydrogen) atoms. The van der Waals surface area contributed by atoms with Crippen LogP contribution in [0, 0.1) is 0 Å². The van der Waals surface area contributed by atoms with E-state index in [1.54, 1.807) is 6.08 Å². The van der Waals surface area contributed by atoms with E-state index in [0.29, 0.717) is 12.6 Å². The molecule has 0 saturated carbocycles. The average Bonchev–Trinajstić information content (AvgIpc) is 2.07. The van der Waals surface area contributed by atoms with Gasteiger partial charge in [-0.3, -0.25) is 4.90 Å². The second kappa shape index (κ2) is 4.36. The highest BCUT2D eigenvalue weighted by molar-refractivity contribution is 5.32. The number of nitrogens with zero attached hydrogens (tertiary/aromatic N) is 3. The standard InChI is InChI=1S/C8H15N3O/c1-10-3-4-11(2)8(6-10)5-9-7-12/h8H,3-6H2,1-2H3. The number of isocyanates is 1.